The lowest BCUT2D eigenvalue weighted by atomic mass is 10.2. The van der Waals surface area contributed by atoms with Crippen LogP contribution in [0.25, 0.3) is 10.6 Å². The number of benzene rings is 1. The third kappa shape index (κ3) is 2.52. The van der Waals surface area contributed by atoms with Crippen molar-refractivity contribution < 1.29 is 14.6 Å². The Morgan fingerprint density at radius 2 is 2.17 bits per heavy atom. The van der Waals surface area contributed by atoms with Gasteiger partial charge in [-0.15, -0.1) is 11.3 Å². The Hall–Kier alpha value is -1.46. The molecular formula is C13H14FNO2S. The topological polar surface area (TPSA) is 53.4 Å². The van der Waals surface area contributed by atoms with Crippen LogP contribution in [-0.2, 0) is 13.0 Å². The molecule has 0 aliphatic carbocycles. The number of aryl methyl sites for hydroxylation is 1. The van der Waals surface area contributed by atoms with Crippen molar-refractivity contribution in [2.75, 3.05) is 0 Å². The molecule has 0 amide bonds. The van der Waals surface area contributed by atoms with Gasteiger partial charge in [0, 0.05) is 10.4 Å². The number of aromatic nitrogens is 1. The van der Waals surface area contributed by atoms with Crippen LogP contribution in [0, 0.1) is 5.82 Å². The maximum atomic E-state index is 13.0. The second kappa shape index (κ2) is 5.46. The minimum absolute atomic E-state index is 0.0982. The highest BCUT2D eigenvalue weighted by Crippen LogP contribution is 2.31. The molecular weight excluding hydrogens is 253 g/mol. The summed E-state index contributed by atoms with van der Waals surface area (Å²) in [6.45, 7) is 1.96. The van der Waals surface area contributed by atoms with Crippen LogP contribution in [0.1, 0.15) is 23.9 Å². The fourth-order valence-corrected chi connectivity index (χ4v) is 2.87. The molecule has 0 bridgehead atoms. The minimum Gasteiger partial charge on any atom is -0.505 e. The highest BCUT2D eigenvalue weighted by molar-refractivity contribution is 7.15. The second-order valence-corrected chi connectivity index (χ2v) is 5.05. The number of hydrogen-bond donors (Lipinski definition) is 2. The van der Waals surface area contributed by atoms with Crippen LogP contribution in [0.4, 0.5) is 4.39 Å². The molecule has 0 aliphatic heterocycles. The summed E-state index contributed by atoms with van der Waals surface area (Å²) in [4.78, 5) is 5.36. The zero-order valence-corrected chi connectivity index (χ0v) is 10.8. The first-order chi connectivity index (χ1) is 8.65. The molecule has 2 rings (SSSR count). The molecule has 0 atom stereocenters. The molecule has 2 aromatic rings. The van der Waals surface area contributed by atoms with Gasteiger partial charge in [0.05, 0.1) is 12.3 Å². The Bertz CT molecular complexity index is 554. The fourth-order valence-electron chi connectivity index (χ4n) is 1.70. The number of hydrogen-bond acceptors (Lipinski definition) is 4. The van der Waals surface area contributed by atoms with Crippen molar-refractivity contribution in [1.29, 1.82) is 0 Å². The van der Waals surface area contributed by atoms with Gasteiger partial charge in [0.25, 0.3) is 0 Å². The Kier molecular flexibility index (Phi) is 3.93. The van der Waals surface area contributed by atoms with Gasteiger partial charge in [-0.05, 0) is 24.6 Å². The summed E-state index contributed by atoms with van der Waals surface area (Å²) >= 11 is 1.47. The summed E-state index contributed by atoms with van der Waals surface area (Å²) in [6.07, 6.45) is 1.84. The third-order valence-corrected chi connectivity index (χ3v) is 3.80. The summed E-state index contributed by atoms with van der Waals surface area (Å²) in [5, 5.41) is 19.3. The molecule has 0 aliphatic rings. The van der Waals surface area contributed by atoms with E-state index < -0.39 is 5.82 Å². The van der Waals surface area contributed by atoms with E-state index in [1.807, 2.05) is 0 Å². The van der Waals surface area contributed by atoms with E-state index in [1.54, 1.807) is 6.07 Å². The molecule has 0 saturated heterocycles. The van der Waals surface area contributed by atoms with Gasteiger partial charge >= 0.3 is 0 Å². The first kappa shape index (κ1) is 13.0. The van der Waals surface area contributed by atoms with Crippen molar-refractivity contribution in [2.45, 2.75) is 26.4 Å². The molecule has 1 heterocycles. The van der Waals surface area contributed by atoms with Crippen LogP contribution in [0.15, 0.2) is 18.2 Å². The van der Waals surface area contributed by atoms with E-state index in [0.717, 1.165) is 17.7 Å². The Morgan fingerprint density at radius 3 is 2.78 bits per heavy atom. The van der Waals surface area contributed by atoms with Crippen LogP contribution in [0.5, 0.6) is 5.75 Å². The van der Waals surface area contributed by atoms with Gasteiger partial charge in [-0.25, -0.2) is 9.37 Å². The van der Waals surface area contributed by atoms with Crippen LogP contribution in [0.3, 0.4) is 0 Å². The van der Waals surface area contributed by atoms with Gasteiger partial charge < -0.3 is 10.2 Å². The molecule has 0 fully saturated rings. The number of halogens is 1. The lowest BCUT2D eigenvalue weighted by molar-refractivity contribution is 0.276. The van der Waals surface area contributed by atoms with E-state index in [1.165, 1.54) is 23.5 Å². The van der Waals surface area contributed by atoms with Gasteiger partial charge in [-0.2, -0.15) is 0 Å². The molecule has 18 heavy (non-hydrogen) atoms. The molecule has 1 aromatic heterocycles. The quantitative estimate of drug-likeness (QED) is 0.895. The number of aliphatic hydroxyl groups is 1. The van der Waals surface area contributed by atoms with E-state index in [0.29, 0.717) is 16.3 Å². The van der Waals surface area contributed by atoms with Crippen molar-refractivity contribution in [3.05, 3.63) is 34.6 Å². The Morgan fingerprint density at radius 1 is 1.39 bits per heavy atom. The van der Waals surface area contributed by atoms with Gasteiger partial charge in [0.1, 0.15) is 5.01 Å². The molecule has 3 nitrogen and oxygen atoms in total. The zero-order valence-electron chi connectivity index (χ0n) is 9.98. The highest BCUT2D eigenvalue weighted by atomic mass is 32.1. The highest BCUT2D eigenvalue weighted by Gasteiger charge is 2.12. The van der Waals surface area contributed by atoms with Crippen molar-refractivity contribution in [2.24, 2.45) is 0 Å². The van der Waals surface area contributed by atoms with Crippen LogP contribution < -0.4 is 0 Å². The van der Waals surface area contributed by atoms with E-state index in [-0.39, 0.29) is 12.4 Å². The average molecular weight is 267 g/mol. The largest absolute Gasteiger partial charge is 0.505 e. The van der Waals surface area contributed by atoms with Crippen LogP contribution >= 0.6 is 11.3 Å². The molecule has 0 radical (unpaired) electrons. The lowest BCUT2D eigenvalue weighted by Crippen LogP contribution is -1.89. The number of phenolic OH excluding ortho intramolecular Hbond substituents is 1. The van der Waals surface area contributed by atoms with Gasteiger partial charge in [-0.1, -0.05) is 13.3 Å². The van der Waals surface area contributed by atoms with Gasteiger partial charge in [0.15, 0.2) is 11.6 Å². The number of aliphatic hydroxyl groups excluding tert-OH is 1. The molecule has 1 aromatic carbocycles. The van der Waals surface area contributed by atoms with E-state index >= 15 is 0 Å². The van der Waals surface area contributed by atoms with Gasteiger partial charge in [0.2, 0.25) is 0 Å². The van der Waals surface area contributed by atoms with Crippen LogP contribution in [0.2, 0.25) is 0 Å². The average Bonchev–Trinajstić information content (AvgIpc) is 2.76. The number of thiazole rings is 1. The number of rotatable bonds is 4. The van der Waals surface area contributed by atoms with Gasteiger partial charge in [-0.3, -0.25) is 0 Å². The molecule has 0 saturated carbocycles. The summed E-state index contributed by atoms with van der Waals surface area (Å²) in [7, 11) is 0. The molecule has 0 spiro atoms. The summed E-state index contributed by atoms with van der Waals surface area (Å²) < 4.78 is 13.0. The van der Waals surface area contributed by atoms with Crippen LogP contribution in [-0.4, -0.2) is 15.2 Å². The predicted molar refractivity (Wildman–Crippen MR) is 69.1 cm³/mol. The lowest BCUT2D eigenvalue weighted by Gasteiger charge is -1.98. The SMILES string of the molecule is CCCc1sc(-c2ccc(F)c(O)c2)nc1CO. The third-order valence-electron chi connectivity index (χ3n) is 2.60. The monoisotopic (exact) mass is 267 g/mol. The summed E-state index contributed by atoms with van der Waals surface area (Å²) in [5.41, 5.74) is 1.33. The normalized spacial score (nSPS) is 10.8. The molecule has 5 heteroatoms. The number of aromatic hydroxyl groups is 1. The Balaban J connectivity index is 2.40. The van der Waals surface area contributed by atoms with Crippen molar-refractivity contribution in [3.63, 3.8) is 0 Å². The van der Waals surface area contributed by atoms with E-state index in [2.05, 4.69) is 11.9 Å². The maximum Gasteiger partial charge on any atom is 0.164 e. The standard InChI is InChI=1S/C13H14FNO2S/c1-2-3-12-10(7-16)15-13(18-12)8-4-5-9(14)11(17)6-8/h4-6,16-17H,2-3,7H2,1H3. The Labute approximate surface area is 109 Å². The van der Waals surface area contributed by atoms with Crippen molar-refractivity contribution in [3.8, 4) is 16.3 Å². The van der Waals surface area contributed by atoms with E-state index in [9.17, 15) is 14.6 Å². The molecule has 0 unspecified atom stereocenters. The number of phenols is 1. The summed E-state index contributed by atoms with van der Waals surface area (Å²) in [5.74, 6) is -1.03. The zero-order chi connectivity index (χ0) is 13.1. The second-order valence-electron chi connectivity index (χ2n) is 3.96. The fraction of sp³-hybridized carbons (Fsp3) is 0.308. The van der Waals surface area contributed by atoms with E-state index in [4.69, 9.17) is 0 Å². The molecule has 96 valence electrons. The summed E-state index contributed by atoms with van der Waals surface area (Å²) in [6, 6.07) is 4.14. The van der Waals surface area contributed by atoms with Crippen molar-refractivity contribution in [1.82, 2.24) is 4.98 Å². The number of nitrogens with zero attached hydrogens (tertiary/aromatic N) is 1. The first-order valence-electron chi connectivity index (χ1n) is 5.74. The smallest absolute Gasteiger partial charge is 0.164 e. The first-order valence-corrected chi connectivity index (χ1v) is 6.55. The maximum absolute atomic E-state index is 13.0. The minimum atomic E-state index is -0.647. The van der Waals surface area contributed by atoms with Crippen molar-refractivity contribution >= 4 is 11.3 Å². The molecule has 2 N–H and O–H groups in total. The predicted octanol–water partition coefficient (Wildman–Crippen LogP) is 3.10.